The van der Waals surface area contributed by atoms with Gasteiger partial charge in [-0.1, -0.05) is 34.1 Å². The lowest BCUT2D eigenvalue weighted by atomic mass is 9.95. The van der Waals surface area contributed by atoms with Gasteiger partial charge in [-0.25, -0.2) is 0 Å². The van der Waals surface area contributed by atoms with E-state index in [-0.39, 0.29) is 23.9 Å². The van der Waals surface area contributed by atoms with Gasteiger partial charge in [0.15, 0.2) is 0 Å². The van der Waals surface area contributed by atoms with E-state index in [1.165, 1.54) is 12.8 Å². The van der Waals surface area contributed by atoms with E-state index >= 15 is 0 Å². The molecule has 0 spiro atoms. The Balaban J connectivity index is 0.00000180. The summed E-state index contributed by atoms with van der Waals surface area (Å²) in [6.45, 7) is 2.54. The van der Waals surface area contributed by atoms with Crippen molar-refractivity contribution in [2.45, 2.75) is 31.7 Å². The van der Waals surface area contributed by atoms with Crippen molar-refractivity contribution in [3.8, 4) is 0 Å². The van der Waals surface area contributed by atoms with E-state index in [2.05, 4.69) is 21.2 Å². The summed E-state index contributed by atoms with van der Waals surface area (Å²) in [4.78, 5) is 12.1. The molecule has 0 aromatic heterocycles. The van der Waals surface area contributed by atoms with Gasteiger partial charge in [0.05, 0.1) is 12.0 Å². The van der Waals surface area contributed by atoms with Crippen molar-refractivity contribution in [2.75, 3.05) is 6.54 Å². The van der Waals surface area contributed by atoms with Crippen molar-refractivity contribution in [1.29, 1.82) is 0 Å². The Bertz CT molecular complexity index is 451. The summed E-state index contributed by atoms with van der Waals surface area (Å²) in [7, 11) is 0. The van der Waals surface area contributed by atoms with E-state index in [9.17, 15) is 4.79 Å². The van der Waals surface area contributed by atoms with Crippen LogP contribution >= 0.6 is 28.3 Å². The Morgan fingerprint density at radius 1 is 1.47 bits per heavy atom. The molecule has 1 fully saturated rings. The lowest BCUT2D eigenvalue weighted by Crippen LogP contribution is -2.53. The van der Waals surface area contributed by atoms with Crippen molar-refractivity contribution in [3.05, 3.63) is 34.3 Å². The third kappa shape index (κ3) is 4.20. The monoisotopic (exact) mass is 346 g/mol. The van der Waals surface area contributed by atoms with E-state index in [4.69, 9.17) is 5.73 Å². The minimum absolute atomic E-state index is 0. The van der Waals surface area contributed by atoms with Crippen LogP contribution in [0.25, 0.3) is 0 Å². The fraction of sp³-hybridized carbons (Fsp3) is 0.500. The smallest absolute Gasteiger partial charge is 0.224 e. The molecule has 3 N–H and O–H groups in total. The largest absolute Gasteiger partial charge is 0.349 e. The molecule has 5 heteroatoms. The van der Waals surface area contributed by atoms with Crippen molar-refractivity contribution in [1.82, 2.24) is 5.32 Å². The van der Waals surface area contributed by atoms with Crippen molar-refractivity contribution >= 4 is 34.2 Å². The molecule has 1 amide bonds. The summed E-state index contributed by atoms with van der Waals surface area (Å²) < 4.78 is 0.973. The molecule has 2 rings (SSSR count). The molecule has 0 radical (unpaired) electrons. The van der Waals surface area contributed by atoms with E-state index in [0.717, 1.165) is 10.0 Å². The van der Waals surface area contributed by atoms with Crippen LogP contribution in [0.5, 0.6) is 0 Å². The zero-order valence-corrected chi connectivity index (χ0v) is 13.4. The van der Waals surface area contributed by atoms with Crippen molar-refractivity contribution < 1.29 is 4.79 Å². The molecule has 0 aliphatic heterocycles. The predicted octanol–water partition coefficient (Wildman–Crippen LogP) is 2.66. The van der Waals surface area contributed by atoms with Gasteiger partial charge in [0.2, 0.25) is 5.91 Å². The number of nitrogens with one attached hydrogen (secondary N) is 1. The van der Waals surface area contributed by atoms with Crippen LogP contribution in [0, 0.1) is 5.92 Å². The van der Waals surface area contributed by atoms with Gasteiger partial charge in [0.1, 0.15) is 0 Å². The van der Waals surface area contributed by atoms with Crippen molar-refractivity contribution in [2.24, 2.45) is 11.7 Å². The van der Waals surface area contributed by atoms with Gasteiger partial charge in [-0.3, -0.25) is 4.79 Å². The Morgan fingerprint density at radius 2 is 2.11 bits per heavy atom. The predicted molar refractivity (Wildman–Crippen MR) is 83.4 cm³/mol. The van der Waals surface area contributed by atoms with Gasteiger partial charge < -0.3 is 11.1 Å². The Labute approximate surface area is 128 Å². The second-order valence-corrected chi connectivity index (χ2v) is 6.07. The van der Waals surface area contributed by atoms with Crippen LogP contribution in [0.15, 0.2) is 28.7 Å². The number of hydrogen-bond acceptors (Lipinski definition) is 2. The zero-order chi connectivity index (χ0) is 13.2. The number of benzene rings is 1. The number of hydrogen-bond donors (Lipinski definition) is 2. The van der Waals surface area contributed by atoms with E-state index in [1.54, 1.807) is 0 Å². The molecule has 0 heterocycles. The van der Waals surface area contributed by atoms with E-state index in [0.29, 0.717) is 18.9 Å². The first kappa shape index (κ1) is 16.5. The Kier molecular flexibility index (Phi) is 5.83. The molecule has 1 aliphatic rings. The lowest BCUT2D eigenvalue weighted by Gasteiger charge is -2.29. The average Bonchev–Trinajstić information content (AvgIpc) is 3.16. The number of rotatable bonds is 5. The maximum atomic E-state index is 12.1. The van der Waals surface area contributed by atoms with Gasteiger partial charge in [-0.05, 0) is 37.3 Å². The van der Waals surface area contributed by atoms with Crippen molar-refractivity contribution in [3.63, 3.8) is 0 Å². The summed E-state index contributed by atoms with van der Waals surface area (Å²) in [5, 5.41) is 3.10. The highest BCUT2D eigenvalue weighted by Crippen LogP contribution is 2.39. The molecular formula is C14H20BrClN2O. The van der Waals surface area contributed by atoms with Gasteiger partial charge in [-0.2, -0.15) is 0 Å². The van der Waals surface area contributed by atoms with Crippen LogP contribution < -0.4 is 11.1 Å². The summed E-state index contributed by atoms with van der Waals surface area (Å²) in [6.07, 6.45) is 2.73. The number of carbonyl (C=O) groups is 1. The summed E-state index contributed by atoms with van der Waals surface area (Å²) in [5.41, 5.74) is 6.56. The zero-order valence-electron chi connectivity index (χ0n) is 11.0. The first-order valence-electron chi connectivity index (χ1n) is 6.29. The molecule has 1 aromatic rings. The molecule has 3 nitrogen and oxygen atoms in total. The normalized spacial score (nSPS) is 17.2. The van der Waals surface area contributed by atoms with Crippen LogP contribution in [0.2, 0.25) is 0 Å². The molecular weight excluding hydrogens is 328 g/mol. The summed E-state index contributed by atoms with van der Waals surface area (Å²) in [6, 6.07) is 7.79. The van der Waals surface area contributed by atoms with E-state index < -0.39 is 0 Å². The minimum Gasteiger partial charge on any atom is -0.349 e. The Morgan fingerprint density at radius 3 is 2.63 bits per heavy atom. The molecule has 106 valence electrons. The fourth-order valence-corrected chi connectivity index (χ4v) is 2.64. The highest BCUT2D eigenvalue weighted by atomic mass is 79.9. The lowest BCUT2D eigenvalue weighted by molar-refractivity contribution is -0.122. The first-order valence-corrected chi connectivity index (χ1v) is 7.09. The van der Waals surface area contributed by atoms with Gasteiger partial charge in [-0.15, -0.1) is 12.4 Å². The molecule has 1 aromatic carbocycles. The van der Waals surface area contributed by atoms with Crippen LogP contribution in [0.4, 0.5) is 0 Å². The summed E-state index contributed by atoms with van der Waals surface area (Å²) in [5.74, 6) is 0.590. The molecule has 1 aliphatic carbocycles. The molecule has 19 heavy (non-hydrogen) atoms. The molecule has 1 saturated carbocycles. The quantitative estimate of drug-likeness (QED) is 0.860. The van der Waals surface area contributed by atoms with E-state index in [1.807, 2.05) is 31.2 Å². The minimum atomic E-state index is -0.238. The maximum Gasteiger partial charge on any atom is 0.224 e. The first-order chi connectivity index (χ1) is 8.55. The number of nitrogens with two attached hydrogens (primary N) is 1. The molecule has 1 unspecified atom stereocenters. The van der Waals surface area contributed by atoms with Crippen LogP contribution in [-0.2, 0) is 11.2 Å². The molecule has 1 atom stereocenters. The topological polar surface area (TPSA) is 55.1 Å². The molecule has 0 bridgehead atoms. The fourth-order valence-electron chi connectivity index (χ4n) is 2.22. The highest BCUT2D eigenvalue weighted by molar-refractivity contribution is 9.10. The molecule has 0 saturated heterocycles. The third-order valence-electron chi connectivity index (χ3n) is 3.64. The third-order valence-corrected chi connectivity index (χ3v) is 4.41. The highest BCUT2D eigenvalue weighted by Gasteiger charge is 2.41. The van der Waals surface area contributed by atoms with Crippen LogP contribution in [-0.4, -0.2) is 18.0 Å². The number of halogens is 2. The van der Waals surface area contributed by atoms with Crippen LogP contribution in [0.3, 0.4) is 0 Å². The summed E-state index contributed by atoms with van der Waals surface area (Å²) >= 11 is 3.46. The SMILES string of the molecule is CC(CN)(NC(=O)Cc1ccccc1Br)C1CC1.Cl. The number of amides is 1. The number of carbonyl (C=O) groups excluding carboxylic acids is 1. The van der Waals surface area contributed by atoms with Gasteiger partial charge in [0.25, 0.3) is 0 Å². The second kappa shape index (κ2) is 6.73. The maximum absolute atomic E-state index is 12.1. The standard InChI is InChI=1S/C14H19BrN2O.ClH/c1-14(9-16,11-6-7-11)17-13(18)8-10-4-2-3-5-12(10)15;/h2-5,11H,6-9,16H2,1H3,(H,17,18);1H. The van der Waals surface area contributed by atoms with Gasteiger partial charge in [0, 0.05) is 11.0 Å². The van der Waals surface area contributed by atoms with Crippen LogP contribution in [0.1, 0.15) is 25.3 Å². The van der Waals surface area contributed by atoms with Gasteiger partial charge >= 0.3 is 0 Å². The second-order valence-electron chi connectivity index (χ2n) is 5.21. The average molecular weight is 348 g/mol. The Hall–Kier alpha value is -0.580.